The lowest BCUT2D eigenvalue weighted by atomic mass is 10.1. The lowest BCUT2D eigenvalue weighted by Crippen LogP contribution is -1.92. The van der Waals surface area contributed by atoms with E-state index in [0.717, 1.165) is 10.2 Å². The number of hydrogen-bond acceptors (Lipinski definition) is 1. The zero-order valence-electron chi connectivity index (χ0n) is 8.21. The molecule has 1 aromatic heterocycles. The minimum Gasteiger partial charge on any atom is -0.469 e. The lowest BCUT2D eigenvalue weighted by molar-refractivity contribution is 0.530. The summed E-state index contributed by atoms with van der Waals surface area (Å²) in [5.41, 5.74) is 2.40. The van der Waals surface area contributed by atoms with Crippen molar-refractivity contribution in [1.29, 1.82) is 0 Å². The largest absolute Gasteiger partial charge is 0.469 e. The number of halogens is 2. The highest BCUT2D eigenvalue weighted by Gasteiger charge is 2.14. The molecule has 0 aliphatic heterocycles. The quantitative estimate of drug-likeness (QED) is 0.719. The summed E-state index contributed by atoms with van der Waals surface area (Å²) in [4.78, 5) is 0.198. The Hall–Kier alpha value is -0.540. The highest BCUT2D eigenvalue weighted by atomic mass is 79.9. The van der Waals surface area contributed by atoms with Crippen LogP contribution in [-0.4, -0.2) is 0 Å². The van der Waals surface area contributed by atoms with Crippen molar-refractivity contribution in [3.8, 4) is 0 Å². The summed E-state index contributed by atoms with van der Waals surface area (Å²) in [6.07, 6.45) is 1.72. The van der Waals surface area contributed by atoms with Gasteiger partial charge in [0.1, 0.15) is 5.76 Å². The molecule has 0 saturated heterocycles. The summed E-state index contributed by atoms with van der Waals surface area (Å²) >= 11 is 7.10. The minimum atomic E-state index is 0.198. The number of rotatable bonds is 2. The number of furan rings is 1. The van der Waals surface area contributed by atoms with E-state index in [1.165, 1.54) is 11.1 Å². The van der Waals surface area contributed by atoms with Crippen molar-refractivity contribution in [1.82, 2.24) is 0 Å². The third-order valence-corrected chi connectivity index (χ3v) is 3.89. The Morgan fingerprint density at radius 1 is 1.13 bits per heavy atom. The predicted molar refractivity (Wildman–Crippen MR) is 68.4 cm³/mol. The van der Waals surface area contributed by atoms with Crippen molar-refractivity contribution in [2.75, 3.05) is 0 Å². The summed E-state index contributed by atoms with van der Waals surface area (Å²) in [6.45, 7) is 1.97. The van der Waals surface area contributed by atoms with Gasteiger partial charge in [-0.25, -0.2) is 0 Å². The Kier molecular flexibility index (Phi) is 3.32. The van der Waals surface area contributed by atoms with Crippen LogP contribution in [0.3, 0.4) is 0 Å². The zero-order chi connectivity index (χ0) is 10.8. The molecule has 0 bridgehead atoms. The maximum Gasteiger partial charge on any atom is 0.105 e. The Bertz CT molecular complexity index is 445. The molecule has 0 N–H and O–H groups in total. The maximum atomic E-state index is 5.29. The second-order valence-corrected chi connectivity index (χ2v) is 5.18. The fraction of sp³-hybridized carbons (Fsp3) is 0.167. The second kappa shape index (κ2) is 4.54. The van der Waals surface area contributed by atoms with Crippen LogP contribution in [0.15, 0.2) is 45.5 Å². The van der Waals surface area contributed by atoms with Gasteiger partial charge in [0.05, 0.1) is 11.1 Å². The molecule has 2 aromatic rings. The van der Waals surface area contributed by atoms with Crippen LogP contribution in [0.2, 0.25) is 0 Å². The summed E-state index contributed by atoms with van der Waals surface area (Å²) in [5, 5.41) is 0. The SMILES string of the molecule is Cc1occc1C(Br)c1ccc(Br)cc1. The number of alkyl halides is 1. The molecule has 1 unspecified atom stereocenters. The lowest BCUT2D eigenvalue weighted by Gasteiger charge is -2.09. The van der Waals surface area contributed by atoms with Gasteiger partial charge in [0.15, 0.2) is 0 Å². The number of hydrogen-bond donors (Lipinski definition) is 0. The smallest absolute Gasteiger partial charge is 0.105 e. The summed E-state index contributed by atoms with van der Waals surface area (Å²) in [5.74, 6) is 0.958. The van der Waals surface area contributed by atoms with E-state index in [-0.39, 0.29) is 4.83 Å². The average Bonchev–Trinajstić information content (AvgIpc) is 2.65. The molecular weight excluding hydrogens is 320 g/mol. The Balaban J connectivity index is 2.32. The van der Waals surface area contributed by atoms with Gasteiger partial charge >= 0.3 is 0 Å². The van der Waals surface area contributed by atoms with Crippen molar-refractivity contribution in [2.24, 2.45) is 0 Å². The van der Waals surface area contributed by atoms with Gasteiger partial charge in [-0.05, 0) is 30.7 Å². The second-order valence-electron chi connectivity index (χ2n) is 3.35. The van der Waals surface area contributed by atoms with E-state index in [4.69, 9.17) is 4.42 Å². The summed E-state index contributed by atoms with van der Waals surface area (Å²) in [6, 6.07) is 10.3. The van der Waals surface area contributed by atoms with Crippen molar-refractivity contribution < 1.29 is 4.42 Å². The predicted octanol–water partition coefficient (Wildman–Crippen LogP) is 4.83. The molecule has 0 spiro atoms. The topological polar surface area (TPSA) is 13.1 Å². The fourth-order valence-corrected chi connectivity index (χ4v) is 2.51. The molecule has 0 aliphatic carbocycles. The van der Waals surface area contributed by atoms with Gasteiger partial charge in [-0.15, -0.1) is 0 Å². The van der Waals surface area contributed by atoms with Crippen molar-refractivity contribution in [3.05, 3.63) is 58.0 Å². The third-order valence-electron chi connectivity index (χ3n) is 2.33. The van der Waals surface area contributed by atoms with E-state index < -0.39 is 0 Å². The molecule has 15 heavy (non-hydrogen) atoms. The van der Waals surface area contributed by atoms with Crippen LogP contribution in [0, 0.1) is 6.92 Å². The first-order valence-electron chi connectivity index (χ1n) is 4.62. The number of aryl methyl sites for hydroxylation is 1. The first-order chi connectivity index (χ1) is 7.18. The van der Waals surface area contributed by atoms with Crippen molar-refractivity contribution >= 4 is 31.9 Å². The van der Waals surface area contributed by atoms with Crippen molar-refractivity contribution in [2.45, 2.75) is 11.8 Å². The molecule has 1 nitrogen and oxygen atoms in total. The van der Waals surface area contributed by atoms with E-state index in [2.05, 4.69) is 44.0 Å². The zero-order valence-corrected chi connectivity index (χ0v) is 11.4. The standard InChI is InChI=1S/C12H10Br2O/c1-8-11(6-7-15-8)12(14)9-2-4-10(13)5-3-9/h2-7,12H,1H3. The van der Waals surface area contributed by atoms with Gasteiger partial charge in [-0.3, -0.25) is 0 Å². The van der Waals surface area contributed by atoms with Crippen molar-refractivity contribution in [3.63, 3.8) is 0 Å². The minimum absolute atomic E-state index is 0.198. The number of benzene rings is 1. The van der Waals surface area contributed by atoms with E-state index >= 15 is 0 Å². The third kappa shape index (κ3) is 2.34. The maximum absolute atomic E-state index is 5.29. The first kappa shape index (κ1) is 11.0. The first-order valence-corrected chi connectivity index (χ1v) is 6.33. The van der Waals surface area contributed by atoms with Gasteiger partial charge < -0.3 is 4.42 Å². The molecule has 3 heteroatoms. The molecule has 78 valence electrons. The molecule has 0 saturated carbocycles. The normalized spacial score (nSPS) is 12.7. The molecule has 0 fully saturated rings. The Morgan fingerprint density at radius 3 is 2.33 bits per heavy atom. The van der Waals surface area contributed by atoms with Gasteiger partial charge in [0.2, 0.25) is 0 Å². The van der Waals surface area contributed by atoms with Gasteiger partial charge in [0, 0.05) is 10.0 Å². The van der Waals surface area contributed by atoms with E-state index in [9.17, 15) is 0 Å². The van der Waals surface area contributed by atoms with Crippen LogP contribution in [0.4, 0.5) is 0 Å². The molecule has 0 amide bonds. The van der Waals surface area contributed by atoms with Gasteiger partial charge in [-0.2, -0.15) is 0 Å². The monoisotopic (exact) mass is 328 g/mol. The highest BCUT2D eigenvalue weighted by molar-refractivity contribution is 9.10. The van der Waals surface area contributed by atoms with E-state index in [1.807, 2.05) is 25.1 Å². The van der Waals surface area contributed by atoms with Crippen LogP contribution in [0.1, 0.15) is 21.7 Å². The highest BCUT2D eigenvalue weighted by Crippen LogP contribution is 2.33. The molecule has 2 rings (SSSR count). The van der Waals surface area contributed by atoms with Gasteiger partial charge in [-0.1, -0.05) is 44.0 Å². The molecule has 1 heterocycles. The molecule has 1 aromatic carbocycles. The van der Waals surface area contributed by atoms with Crippen LogP contribution in [0.5, 0.6) is 0 Å². The van der Waals surface area contributed by atoms with Crippen LogP contribution in [-0.2, 0) is 0 Å². The summed E-state index contributed by atoms with van der Waals surface area (Å²) in [7, 11) is 0. The molecule has 0 aliphatic rings. The fourth-order valence-electron chi connectivity index (χ4n) is 1.47. The van der Waals surface area contributed by atoms with Crippen LogP contribution in [0.25, 0.3) is 0 Å². The molecular formula is C12H10Br2O. The Labute approximate surface area is 106 Å². The average molecular weight is 330 g/mol. The molecule has 1 atom stereocenters. The van der Waals surface area contributed by atoms with Gasteiger partial charge in [0.25, 0.3) is 0 Å². The Morgan fingerprint density at radius 2 is 1.80 bits per heavy atom. The van der Waals surface area contributed by atoms with E-state index in [1.54, 1.807) is 6.26 Å². The molecule has 0 radical (unpaired) electrons. The summed E-state index contributed by atoms with van der Waals surface area (Å²) < 4.78 is 6.38. The van der Waals surface area contributed by atoms with Crippen LogP contribution < -0.4 is 0 Å². The van der Waals surface area contributed by atoms with E-state index in [0.29, 0.717) is 0 Å². The van der Waals surface area contributed by atoms with Crippen LogP contribution >= 0.6 is 31.9 Å².